The molecule has 0 radical (unpaired) electrons. The van der Waals surface area contributed by atoms with E-state index in [1.165, 1.54) is 70.6 Å². The minimum atomic E-state index is -0.660. The summed E-state index contributed by atoms with van der Waals surface area (Å²) in [5, 5.41) is 8.68. The number of unbranched alkanes of at least 4 members (excludes halogenated alkanes) is 6. The molecule has 3 heteroatoms. The number of hydrogen-bond acceptors (Lipinski definition) is 2. The Bertz CT molecular complexity index is 306. The van der Waals surface area contributed by atoms with Crippen molar-refractivity contribution in [3.05, 3.63) is 0 Å². The van der Waals surface area contributed by atoms with Gasteiger partial charge in [0.25, 0.3) is 0 Å². The second-order valence-electron chi connectivity index (χ2n) is 7.55. The van der Waals surface area contributed by atoms with Crippen LogP contribution >= 0.6 is 0 Å². The monoisotopic (exact) mass is 325 g/mol. The maximum atomic E-state index is 10.5. The van der Waals surface area contributed by atoms with Gasteiger partial charge >= 0.3 is 5.97 Å². The Kier molecular flexibility index (Phi) is 11.4. The average Bonchev–Trinajstić information content (AvgIpc) is 2.55. The molecule has 1 saturated carbocycles. The molecule has 0 heterocycles. The highest BCUT2D eigenvalue weighted by Crippen LogP contribution is 2.40. The van der Waals surface area contributed by atoms with Crippen molar-refractivity contribution in [1.82, 2.24) is 0 Å². The van der Waals surface area contributed by atoms with Crippen LogP contribution in [0.1, 0.15) is 96.8 Å². The van der Waals surface area contributed by atoms with Crippen molar-refractivity contribution in [2.45, 2.75) is 96.8 Å². The summed E-state index contributed by atoms with van der Waals surface area (Å²) in [6, 6.07) is 0. The molecule has 0 bridgehead atoms. The van der Waals surface area contributed by atoms with Crippen LogP contribution in [0.3, 0.4) is 0 Å². The first-order valence-corrected chi connectivity index (χ1v) is 10.1. The van der Waals surface area contributed by atoms with E-state index >= 15 is 0 Å². The Morgan fingerprint density at radius 3 is 2.30 bits per heavy atom. The van der Waals surface area contributed by atoms with Crippen LogP contribution < -0.4 is 5.73 Å². The highest BCUT2D eigenvalue weighted by Gasteiger charge is 2.31. The van der Waals surface area contributed by atoms with Crippen LogP contribution in [0.15, 0.2) is 0 Å². The molecule has 1 rings (SSSR count). The predicted octanol–water partition coefficient (Wildman–Crippen LogP) is 5.37. The van der Waals surface area contributed by atoms with Gasteiger partial charge in [-0.25, -0.2) is 0 Å². The van der Waals surface area contributed by atoms with E-state index in [4.69, 9.17) is 10.8 Å². The van der Waals surface area contributed by atoms with Gasteiger partial charge in [-0.2, -0.15) is 0 Å². The summed E-state index contributed by atoms with van der Waals surface area (Å²) in [4.78, 5) is 10.5. The summed E-state index contributed by atoms with van der Waals surface area (Å²) < 4.78 is 0. The Labute approximate surface area is 143 Å². The third-order valence-electron chi connectivity index (χ3n) is 5.77. The van der Waals surface area contributed by atoms with Gasteiger partial charge in [-0.15, -0.1) is 0 Å². The zero-order valence-electron chi connectivity index (χ0n) is 15.3. The molecule has 1 fully saturated rings. The first-order valence-electron chi connectivity index (χ1n) is 10.1. The van der Waals surface area contributed by atoms with Crippen molar-refractivity contribution < 1.29 is 9.90 Å². The van der Waals surface area contributed by atoms with Gasteiger partial charge in [0.1, 0.15) is 0 Å². The lowest BCUT2D eigenvalue weighted by molar-refractivity contribution is -0.137. The van der Waals surface area contributed by atoms with Crippen LogP contribution in [0.25, 0.3) is 0 Å². The maximum Gasteiger partial charge on any atom is 0.303 e. The Hall–Kier alpha value is -0.570. The van der Waals surface area contributed by atoms with Crippen molar-refractivity contribution in [3.8, 4) is 0 Å². The third-order valence-corrected chi connectivity index (χ3v) is 5.77. The standard InChI is InChI=1S/C20H39NO2/c1-2-3-4-7-11-17-12-10-13-18(16-21)19(17)14-8-5-6-9-15-20(22)23/h17-19H,2-16,21H2,1H3,(H,22,23). The van der Waals surface area contributed by atoms with Crippen LogP contribution in [0, 0.1) is 17.8 Å². The van der Waals surface area contributed by atoms with Gasteiger partial charge in [0.05, 0.1) is 0 Å². The number of nitrogens with two attached hydrogens (primary N) is 1. The predicted molar refractivity (Wildman–Crippen MR) is 97.5 cm³/mol. The molecule has 1 aliphatic carbocycles. The van der Waals surface area contributed by atoms with E-state index in [0.717, 1.165) is 37.1 Å². The van der Waals surface area contributed by atoms with E-state index in [1.54, 1.807) is 0 Å². The van der Waals surface area contributed by atoms with Crippen LogP contribution in [-0.2, 0) is 4.79 Å². The molecule has 1 aliphatic rings. The summed E-state index contributed by atoms with van der Waals surface area (Å²) in [5.41, 5.74) is 6.05. The van der Waals surface area contributed by atoms with Gasteiger partial charge in [-0.1, -0.05) is 71.1 Å². The largest absolute Gasteiger partial charge is 0.481 e. The molecule has 136 valence electrons. The number of carbonyl (C=O) groups is 1. The highest BCUT2D eigenvalue weighted by molar-refractivity contribution is 5.66. The lowest BCUT2D eigenvalue weighted by atomic mass is 9.68. The third kappa shape index (κ3) is 8.74. The zero-order chi connectivity index (χ0) is 16.9. The number of carboxylic acids is 1. The van der Waals surface area contributed by atoms with Gasteiger partial charge < -0.3 is 10.8 Å². The molecule has 3 atom stereocenters. The van der Waals surface area contributed by atoms with Gasteiger partial charge in [0.2, 0.25) is 0 Å². The van der Waals surface area contributed by atoms with Crippen molar-refractivity contribution in [1.29, 1.82) is 0 Å². The Morgan fingerprint density at radius 1 is 0.957 bits per heavy atom. The van der Waals surface area contributed by atoms with E-state index in [1.807, 2.05) is 0 Å². The van der Waals surface area contributed by atoms with Crippen molar-refractivity contribution in [3.63, 3.8) is 0 Å². The molecule has 0 aliphatic heterocycles. The average molecular weight is 326 g/mol. The molecule has 0 aromatic rings. The quantitative estimate of drug-likeness (QED) is 0.447. The molecule has 0 spiro atoms. The second-order valence-corrected chi connectivity index (χ2v) is 7.55. The summed E-state index contributed by atoms with van der Waals surface area (Å²) in [6.07, 6.45) is 17.0. The second kappa shape index (κ2) is 12.8. The first-order chi connectivity index (χ1) is 11.2. The van der Waals surface area contributed by atoms with Crippen molar-refractivity contribution >= 4 is 5.97 Å². The van der Waals surface area contributed by atoms with Gasteiger partial charge in [-0.3, -0.25) is 4.79 Å². The summed E-state index contributed by atoms with van der Waals surface area (Å²) in [5.74, 6) is 1.80. The van der Waals surface area contributed by atoms with Crippen LogP contribution in [0.2, 0.25) is 0 Å². The lowest BCUT2D eigenvalue weighted by Crippen LogP contribution is -2.33. The maximum absolute atomic E-state index is 10.5. The number of hydrogen-bond donors (Lipinski definition) is 2. The van der Waals surface area contributed by atoms with Gasteiger partial charge in [-0.05, 0) is 43.6 Å². The van der Waals surface area contributed by atoms with Crippen LogP contribution in [0.4, 0.5) is 0 Å². The molecule has 0 aromatic heterocycles. The van der Waals surface area contributed by atoms with Crippen molar-refractivity contribution in [2.75, 3.05) is 6.54 Å². The fraction of sp³-hybridized carbons (Fsp3) is 0.950. The summed E-state index contributed by atoms with van der Waals surface area (Å²) >= 11 is 0. The zero-order valence-corrected chi connectivity index (χ0v) is 15.3. The smallest absolute Gasteiger partial charge is 0.303 e. The number of carboxylic acid groups (broad SMARTS) is 1. The van der Waals surface area contributed by atoms with Crippen LogP contribution in [0.5, 0.6) is 0 Å². The molecule has 3 nitrogen and oxygen atoms in total. The molecule has 0 aromatic carbocycles. The molecule has 3 unspecified atom stereocenters. The van der Waals surface area contributed by atoms with Crippen molar-refractivity contribution in [2.24, 2.45) is 23.5 Å². The Morgan fingerprint density at radius 2 is 1.61 bits per heavy atom. The SMILES string of the molecule is CCCCCCC1CCCC(CN)C1CCCCCCC(=O)O. The highest BCUT2D eigenvalue weighted by atomic mass is 16.4. The van der Waals surface area contributed by atoms with Gasteiger partial charge in [0.15, 0.2) is 0 Å². The molecular weight excluding hydrogens is 286 g/mol. The fourth-order valence-electron chi connectivity index (χ4n) is 4.42. The molecule has 0 amide bonds. The lowest BCUT2D eigenvalue weighted by Gasteiger charge is -2.38. The fourth-order valence-corrected chi connectivity index (χ4v) is 4.42. The van der Waals surface area contributed by atoms with Crippen LogP contribution in [-0.4, -0.2) is 17.6 Å². The minimum absolute atomic E-state index is 0.328. The van der Waals surface area contributed by atoms with Gasteiger partial charge in [0, 0.05) is 6.42 Å². The van der Waals surface area contributed by atoms with E-state index < -0.39 is 5.97 Å². The first kappa shape index (κ1) is 20.5. The summed E-state index contributed by atoms with van der Waals surface area (Å²) in [7, 11) is 0. The Balaban J connectivity index is 2.30. The summed E-state index contributed by atoms with van der Waals surface area (Å²) in [6.45, 7) is 3.13. The van der Waals surface area contributed by atoms with E-state index in [9.17, 15) is 4.79 Å². The topological polar surface area (TPSA) is 63.3 Å². The molecule has 3 N–H and O–H groups in total. The number of rotatable bonds is 13. The molecule has 0 saturated heterocycles. The molecular formula is C20H39NO2. The molecule has 23 heavy (non-hydrogen) atoms. The van der Waals surface area contributed by atoms with E-state index in [2.05, 4.69) is 6.92 Å². The van der Waals surface area contributed by atoms with E-state index in [0.29, 0.717) is 6.42 Å². The number of aliphatic carboxylic acids is 1. The van der Waals surface area contributed by atoms with E-state index in [-0.39, 0.29) is 0 Å². The minimum Gasteiger partial charge on any atom is -0.481 e. The normalized spacial score (nSPS) is 24.7.